The quantitative estimate of drug-likeness (QED) is 0.809. The Morgan fingerprint density at radius 2 is 2.13 bits per heavy atom. The van der Waals surface area contributed by atoms with Gasteiger partial charge >= 0.3 is 0 Å². The molecule has 84 valence electrons. The Kier molecular flexibility index (Phi) is 4.69. The molecule has 0 saturated carbocycles. The van der Waals surface area contributed by atoms with Crippen LogP contribution in [0.4, 0.5) is 4.39 Å². The van der Waals surface area contributed by atoms with Crippen molar-refractivity contribution in [3.8, 4) is 0 Å². The minimum atomic E-state index is -0.898. The van der Waals surface area contributed by atoms with Crippen molar-refractivity contribution >= 4 is 0 Å². The van der Waals surface area contributed by atoms with Crippen LogP contribution in [0.25, 0.3) is 0 Å². The van der Waals surface area contributed by atoms with E-state index < -0.39 is 6.17 Å². The van der Waals surface area contributed by atoms with Gasteiger partial charge in [-0.3, -0.25) is 4.98 Å². The van der Waals surface area contributed by atoms with E-state index in [2.05, 4.69) is 4.98 Å². The van der Waals surface area contributed by atoms with Crippen LogP contribution in [0.15, 0.2) is 24.4 Å². The highest BCUT2D eigenvalue weighted by Gasteiger charge is 2.23. The lowest BCUT2D eigenvalue weighted by atomic mass is 9.89. The second-order valence-corrected chi connectivity index (χ2v) is 4.18. The van der Waals surface area contributed by atoms with Gasteiger partial charge in [-0.05, 0) is 24.6 Å². The fraction of sp³-hybridized carbons (Fsp3) is 0.583. The lowest BCUT2D eigenvalue weighted by molar-refractivity contribution is 0.184. The largest absolute Gasteiger partial charge is 0.330 e. The van der Waals surface area contributed by atoms with Gasteiger partial charge in [0.1, 0.15) is 6.17 Å². The molecule has 2 N–H and O–H groups in total. The van der Waals surface area contributed by atoms with Crippen molar-refractivity contribution < 1.29 is 4.39 Å². The van der Waals surface area contributed by atoms with Crippen LogP contribution in [0.5, 0.6) is 0 Å². The van der Waals surface area contributed by atoms with Gasteiger partial charge in [0.25, 0.3) is 0 Å². The van der Waals surface area contributed by atoms with E-state index in [1.165, 1.54) is 0 Å². The topological polar surface area (TPSA) is 38.9 Å². The fourth-order valence-electron chi connectivity index (χ4n) is 1.71. The molecule has 15 heavy (non-hydrogen) atoms. The van der Waals surface area contributed by atoms with Crippen molar-refractivity contribution in [1.82, 2.24) is 4.98 Å². The average molecular weight is 210 g/mol. The number of hydrogen-bond donors (Lipinski definition) is 1. The van der Waals surface area contributed by atoms with Gasteiger partial charge in [0.15, 0.2) is 0 Å². The maximum Gasteiger partial charge on any atom is 0.110 e. The summed E-state index contributed by atoms with van der Waals surface area (Å²) in [5, 5.41) is 0. The minimum absolute atomic E-state index is 0.0768. The van der Waals surface area contributed by atoms with Gasteiger partial charge in [0.05, 0.1) is 0 Å². The monoisotopic (exact) mass is 210 g/mol. The summed E-state index contributed by atoms with van der Waals surface area (Å²) in [6, 6.07) is 5.56. The molecule has 0 saturated heterocycles. The predicted molar refractivity (Wildman–Crippen MR) is 60.2 cm³/mol. The standard InChI is InChI=1S/C12H19FN2/c1-9(2)11(8-14)12(13)7-10-5-3-4-6-15-10/h3-6,9,11-12H,7-8,14H2,1-2H3. The minimum Gasteiger partial charge on any atom is -0.330 e. The lowest BCUT2D eigenvalue weighted by Gasteiger charge is -2.22. The zero-order chi connectivity index (χ0) is 11.3. The molecule has 1 aromatic rings. The summed E-state index contributed by atoms with van der Waals surface area (Å²) in [5.41, 5.74) is 6.36. The predicted octanol–water partition coefficient (Wildman–Crippen LogP) is 2.19. The van der Waals surface area contributed by atoms with Gasteiger partial charge in [-0.2, -0.15) is 0 Å². The Morgan fingerprint density at radius 3 is 2.60 bits per heavy atom. The number of rotatable bonds is 5. The zero-order valence-electron chi connectivity index (χ0n) is 9.36. The molecule has 0 aliphatic carbocycles. The van der Waals surface area contributed by atoms with E-state index in [0.717, 1.165) is 5.69 Å². The Labute approximate surface area is 90.7 Å². The van der Waals surface area contributed by atoms with E-state index in [1.54, 1.807) is 6.20 Å². The van der Waals surface area contributed by atoms with Crippen LogP contribution in [-0.2, 0) is 6.42 Å². The third-order valence-corrected chi connectivity index (χ3v) is 2.72. The summed E-state index contributed by atoms with van der Waals surface area (Å²) in [5.74, 6) is 0.195. The van der Waals surface area contributed by atoms with Gasteiger partial charge in [0, 0.05) is 24.2 Å². The van der Waals surface area contributed by atoms with Crippen LogP contribution in [0.1, 0.15) is 19.5 Å². The summed E-state index contributed by atoms with van der Waals surface area (Å²) < 4.78 is 13.9. The second kappa shape index (κ2) is 5.81. The number of nitrogens with zero attached hydrogens (tertiary/aromatic N) is 1. The highest BCUT2D eigenvalue weighted by molar-refractivity contribution is 5.05. The molecule has 1 aromatic heterocycles. The van der Waals surface area contributed by atoms with Crippen LogP contribution in [-0.4, -0.2) is 17.7 Å². The van der Waals surface area contributed by atoms with Gasteiger partial charge in [-0.1, -0.05) is 19.9 Å². The van der Waals surface area contributed by atoms with Crippen LogP contribution in [0, 0.1) is 11.8 Å². The van der Waals surface area contributed by atoms with E-state index in [4.69, 9.17) is 5.73 Å². The molecule has 0 aliphatic rings. The highest BCUT2D eigenvalue weighted by Crippen LogP contribution is 2.19. The first-order valence-electron chi connectivity index (χ1n) is 5.39. The van der Waals surface area contributed by atoms with E-state index in [1.807, 2.05) is 32.0 Å². The Balaban J connectivity index is 2.58. The van der Waals surface area contributed by atoms with Gasteiger partial charge in [-0.15, -0.1) is 0 Å². The maximum atomic E-state index is 13.9. The summed E-state index contributed by atoms with van der Waals surface area (Å²) in [6.45, 7) is 4.40. The molecule has 0 bridgehead atoms. The molecule has 2 atom stereocenters. The smallest absolute Gasteiger partial charge is 0.110 e. The molecular formula is C12H19FN2. The van der Waals surface area contributed by atoms with Gasteiger partial charge < -0.3 is 5.73 Å². The van der Waals surface area contributed by atoms with Gasteiger partial charge in [-0.25, -0.2) is 4.39 Å². The van der Waals surface area contributed by atoms with E-state index >= 15 is 0 Å². The van der Waals surface area contributed by atoms with Crippen LogP contribution >= 0.6 is 0 Å². The Bertz CT molecular complexity index is 274. The molecule has 2 unspecified atom stereocenters. The normalized spacial score (nSPS) is 15.3. The molecule has 0 aromatic carbocycles. The molecule has 0 spiro atoms. The number of aromatic nitrogens is 1. The average Bonchev–Trinajstić information content (AvgIpc) is 2.19. The van der Waals surface area contributed by atoms with Crippen molar-refractivity contribution in [1.29, 1.82) is 0 Å². The molecule has 3 heteroatoms. The highest BCUT2D eigenvalue weighted by atomic mass is 19.1. The summed E-state index contributed by atoms with van der Waals surface area (Å²) in [7, 11) is 0. The summed E-state index contributed by atoms with van der Waals surface area (Å²) >= 11 is 0. The maximum absolute atomic E-state index is 13.9. The molecule has 1 heterocycles. The van der Waals surface area contributed by atoms with Crippen molar-refractivity contribution in [2.24, 2.45) is 17.6 Å². The first kappa shape index (κ1) is 12.1. The molecule has 1 rings (SSSR count). The third kappa shape index (κ3) is 3.59. The SMILES string of the molecule is CC(C)C(CN)C(F)Cc1ccccn1. The Morgan fingerprint density at radius 1 is 1.40 bits per heavy atom. The summed E-state index contributed by atoms with van der Waals surface area (Å²) in [4.78, 5) is 4.11. The van der Waals surface area contributed by atoms with E-state index in [0.29, 0.717) is 13.0 Å². The van der Waals surface area contributed by atoms with Crippen molar-refractivity contribution in [2.45, 2.75) is 26.4 Å². The zero-order valence-corrected chi connectivity index (χ0v) is 9.36. The van der Waals surface area contributed by atoms with Crippen LogP contribution in [0.2, 0.25) is 0 Å². The molecule has 0 fully saturated rings. The molecular weight excluding hydrogens is 191 g/mol. The van der Waals surface area contributed by atoms with Crippen molar-refractivity contribution in [3.63, 3.8) is 0 Å². The number of alkyl halides is 1. The first-order chi connectivity index (χ1) is 7.15. The van der Waals surface area contributed by atoms with E-state index in [9.17, 15) is 4.39 Å². The number of nitrogens with two attached hydrogens (primary N) is 1. The number of halogens is 1. The summed E-state index contributed by atoms with van der Waals surface area (Å²) in [6.07, 6.45) is 1.15. The van der Waals surface area contributed by atoms with Crippen molar-refractivity contribution in [2.75, 3.05) is 6.54 Å². The Hall–Kier alpha value is -0.960. The molecule has 0 aliphatic heterocycles. The van der Waals surface area contributed by atoms with Crippen molar-refractivity contribution in [3.05, 3.63) is 30.1 Å². The molecule has 0 radical (unpaired) electrons. The fourth-order valence-corrected chi connectivity index (χ4v) is 1.71. The molecule has 2 nitrogen and oxygen atoms in total. The third-order valence-electron chi connectivity index (χ3n) is 2.72. The lowest BCUT2D eigenvalue weighted by Crippen LogP contribution is -2.30. The van der Waals surface area contributed by atoms with Crippen LogP contribution < -0.4 is 5.73 Å². The van der Waals surface area contributed by atoms with E-state index in [-0.39, 0.29) is 11.8 Å². The number of hydrogen-bond acceptors (Lipinski definition) is 2. The first-order valence-corrected chi connectivity index (χ1v) is 5.39. The molecule has 0 amide bonds. The number of pyridine rings is 1. The van der Waals surface area contributed by atoms with Gasteiger partial charge in [0.2, 0.25) is 0 Å². The van der Waals surface area contributed by atoms with Crippen LogP contribution in [0.3, 0.4) is 0 Å². The second-order valence-electron chi connectivity index (χ2n) is 4.18.